The van der Waals surface area contributed by atoms with E-state index in [0.29, 0.717) is 5.69 Å². The molecule has 0 saturated carbocycles. The fraction of sp³-hybridized carbons (Fsp3) is 0.250. The molecule has 2 N–H and O–H groups in total. The summed E-state index contributed by atoms with van der Waals surface area (Å²) in [6, 6.07) is 5.96. The molecule has 0 aliphatic carbocycles. The molecule has 0 unspecified atom stereocenters. The van der Waals surface area contributed by atoms with E-state index in [4.69, 9.17) is 17.3 Å². The van der Waals surface area contributed by atoms with Gasteiger partial charge in [-0.25, -0.2) is 0 Å². The molecule has 0 atom stereocenters. The van der Waals surface area contributed by atoms with Crippen molar-refractivity contribution in [1.82, 2.24) is 0 Å². The van der Waals surface area contributed by atoms with E-state index in [1.54, 1.807) is 12.1 Å². The van der Waals surface area contributed by atoms with Crippen LogP contribution in [0.2, 0.25) is 0 Å². The average molecular weight is 142 g/mol. The van der Waals surface area contributed by atoms with Crippen molar-refractivity contribution in [3.8, 4) is 5.75 Å². The molecule has 0 amide bonds. The van der Waals surface area contributed by atoms with E-state index >= 15 is 0 Å². The molecule has 1 aromatic rings. The highest BCUT2D eigenvalue weighted by atomic mass is 16.5. The number of rotatable bonds is 2. The Morgan fingerprint density at radius 1 is 1.80 bits per heavy atom. The third-order valence-corrected chi connectivity index (χ3v) is 1.03. The highest BCUT2D eigenvalue weighted by molar-refractivity contribution is 5.43. The van der Waals surface area contributed by atoms with Gasteiger partial charge in [-0.05, 0) is 19.0 Å². The van der Waals surface area contributed by atoms with Gasteiger partial charge in [-0.1, -0.05) is 6.07 Å². The number of hydrogen-bond donors (Lipinski definition) is 1. The van der Waals surface area contributed by atoms with Crippen molar-refractivity contribution in [2.24, 2.45) is 0 Å². The summed E-state index contributed by atoms with van der Waals surface area (Å²) in [5.41, 5.74) is 5.83. The molecule has 0 spiro atoms. The lowest BCUT2D eigenvalue weighted by Crippen LogP contribution is -1.92. The topological polar surface area (TPSA) is 35.2 Å². The summed E-state index contributed by atoms with van der Waals surface area (Å²) in [6.07, 6.45) is 0. The maximum Gasteiger partial charge on any atom is 0.121 e. The molecular weight excluding hydrogens is 126 g/mol. The van der Waals surface area contributed by atoms with Gasteiger partial charge in [-0.2, -0.15) is 0 Å². The minimum Gasteiger partial charge on any atom is -0.494 e. The van der Waals surface area contributed by atoms with Crippen molar-refractivity contribution >= 4 is 5.69 Å². The van der Waals surface area contributed by atoms with Crippen molar-refractivity contribution < 1.29 is 11.6 Å². The molecule has 0 aromatic heterocycles. The standard InChI is InChI=1S/C8H11NO/c1-2-10-8-5-3-4-7(9)6-8/h3-6H,2,9H2,1H3/i1D3,2D2. The van der Waals surface area contributed by atoms with Crippen LogP contribution in [0.1, 0.15) is 13.7 Å². The van der Waals surface area contributed by atoms with Gasteiger partial charge in [-0.3, -0.25) is 0 Å². The van der Waals surface area contributed by atoms with Gasteiger partial charge in [0.05, 0.1) is 9.30 Å². The lowest BCUT2D eigenvalue weighted by Gasteiger charge is -2.01. The Bertz CT molecular complexity index is 349. The van der Waals surface area contributed by atoms with Gasteiger partial charge in [0, 0.05) is 15.9 Å². The van der Waals surface area contributed by atoms with Crippen molar-refractivity contribution in [3.05, 3.63) is 24.3 Å². The van der Waals surface area contributed by atoms with Crippen LogP contribution >= 0.6 is 0 Å². The Hall–Kier alpha value is -1.18. The minimum absolute atomic E-state index is 0.0936. The summed E-state index contributed by atoms with van der Waals surface area (Å²) in [5.74, 6) is 0.0936. The fourth-order valence-corrected chi connectivity index (χ4v) is 0.637. The summed E-state index contributed by atoms with van der Waals surface area (Å²) in [4.78, 5) is 0. The molecule has 0 bridgehead atoms. The van der Waals surface area contributed by atoms with Gasteiger partial charge in [0.1, 0.15) is 5.75 Å². The number of hydrogen-bond acceptors (Lipinski definition) is 2. The lowest BCUT2D eigenvalue weighted by molar-refractivity contribution is 0.340. The van der Waals surface area contributed by atoms with Crippen LogP contribution in [0.15, 0.2) is 24.3 Å². The molecule has 0 aliphatic heterocycles. The SMILES string of the molecule is [2H]C([2H])([2H])C([2H])([2H])Oc1cccc(N)c1. The van der Waals surface area contributed by atoms with E-state index in [1.165, 1.54) is 12.1 Å². The maximum atomic E-state index is 7.23. The predicted molar refractivity (Wildman–Crippen MR) is 42.0 cm³/mol. The first-order valence-corrected chi connectivity index (χ1v) is 2.77. The third-order valence-electron chi connectivity index (χ3n) is 1.03. The van der Waals surface area contributed by atoms with Gasteiger partial charge in [-0.15, -0.1) is 0 Å². The number of ether oxygens (including phenoxy) is 1. The largest absolute Gasteiger partial charge is 0.494 e. The van der Waals surface area contributed by atoms with Crippen molar-refractivity contribution in [3.63, 3.8) is 0 Å². The molecule has 0 heterocycles. The Morgan fingerprint density at radius 2 is 2.70 bits per heavy atom. The quantitative estimate of drug-likeness (QED) is 0.637. The monoisotopic (exact) mass is 142 g/mol. The molecule has 1 rings (SSSR count). The van der Waals surface area contributed by atoms with Crippen LogP contribution in [0.5, 0.6) is 5.75 Å². The van der Waals surface area contributed by atoms with E-state index in [2.05, 4.69) is 0 Å². The van der Waals surface area contributed by atoms with E-state index in [1.807, 2.05) is 0 Å². The Morgan fingerprint density at radius 3 is 3.40 bits per heavy atom. The lowest BCUT2D eigenvalue weighted by atomic mass is 10.3. The molecule has 0 aliphatic rings. The molecule has 2 nitrogen and oxygen atoms in total. The molecule has 1 aromatic carbocycles. The van der Waals surface area contributed by atoms with Crippen LogP contribution in [0.3, 0.4) is 0 Å². The summed E-state index contributed by atoms with van der Waals surface area (Å²) in [6.45, 7) is -5.56. The summed E-state index contributed by atoms with van der Waals surface area (Å²) in [7, 11) is 0. The maximum absolute atomic E-state index is 7.23. The highest BCUT2D eigenvalue weighted by Crippen LogP contribution is 2.13. The molecule has 0 saturated heterocycles. The summed E-state index contributed by atoms with van der Waals surface area (Å²) in [5, 5.41) is 0. The van der Waals surface area contributed by atoms with Crippen LogP contribution < -0.4 is 10.5 Å². The van der Waals surface area contributed by atoms with E-state index < -0.39 is 13.4 Å². The average Bonchev–Trinajstić information content (AvgIpc) is 2.00. The summed E-state index contributed by atoms with van der Waals surface area (Å²) >= 11 is 0. The normalized spacial score (nSPS) is 19.4. The van der Waals surface area contributed by atoms with E-state index in [-0.39, 0.29) is 5.75 Å². The molecule has 10 heavy (non-hydrogen) atoms. The molecule has 2 heteroatoms. The van der Waals surface area contributed by atoms with Gasteiger partial charge in [0.2, 0.25) is 0 Å². The highest BCUT2D eigenvalue weighted by Gasteiger charge is 1.89. The van der Waals surface area contributed by atoms with E-state index in [0.717, 1.165) is 0 Å². The van der Waals surface area contributed by atoms with Gasteiger partial charge < -0.3 is 10.5 Å². The van der Waals surface area contributed by atoms with E-state index in [9.17, 15) is 0 Å². The van der Waals surface area contributed by atoms with Crippen LogP contribution in [-0.4, -0.2) is 6.56 Å². The zero-order valence-corrected chi connectivity index (χ0v) is 5.29. The predicted octanol–water partition coefficient (Wildman–Crippen LogP) is 1.67. The Balaban J connectivity index is 2.87. The van der Waals surface area contributed by atoms with Crippen molar-refractivity contribution in [1.29, 1.82) is 0 Å². The van der Waals surface area contributed by atoms with Crippen molar-refractivity contribution in [2.45, 2.75) is 6.85 Å². The van der Waals surface area contributed by atoms with Crippen molar-refractivity contribution in [2.75, 3.05) is 12.3 Å². The first-order valence-electron chi connectivity index (χ1n) is 5.27. The Kier molecular flexibility index (Phi) is 0.877. The molecule has 54 valence electrons. The third kappa shape index (κ3) is 1.65. The first kappa shape index (κ1) is 2.82. The van der Waals surface area contributed by atoms with Gasteiger partial charge >= 0.3 is 0 Å². The van der Waals surface area contributed by atoms with Gasteiger partial charge in [0.25, 0.3) is 0 Å². The molecule has 0 fully saturated rings. The van der Waals surface area contributed by atoms with Crippen LogP contribution in [0.4, 0.5) is 5.69 Å². The van der Waals surface area contributed by atoms with Crippen LogP contribution in [-0.2, 0) is 0 Å². The zero-order chi connectivity index (χ0) is 11.7. The van der Waals surface area contributed by atoms with Gasteiger partial charge in [0.15, 0.2) is 0 Å². The summed E-state index contributed by atoms with van der Waals surface area (Å²) < 4.78 is 40.0. The second-order valence-electron chi connectivity index (χ2n) is 1.78. The van der Waals surface area contributed by atoms with Crippen LogP contribution in [0.25, 0.3) is 0 Å². The zero-order valence-electron chi connectivity index (χ0n) is 10.3. The number of benzene rings is 1. The second-order valence-corrected chi connectivity index (χ2v) is 1.78. The second kappa shape index (κ2) is 3.11. The number of anilines is 1. The molecular formula is C8H11NO. The number of nitrogens with two attached hydrogens (primary N) is 1. The number of nitrogen functional groups attached to an aromatic ring is 1. The Labute approximate surface area is 67.6 Å². The smallest absolute Gasteiger partial charge is 0.121 e. The van der Waals surface area contributed by atoms with Crippen LogP contribution in [0, 0.1) is 0 Å². The molecule has 0 radical (unpaired) electrons. The minimum atomic E-state index is -2.84. The fourth-order valence-electron chi connectivity index (χ4n) is 0.637. The first-order chi connectivity index (χ1) is 6.72.